The molecule has 6 aliphatic rings. The molecule has 2 saturated heterocycles. The molecule has 0 aromatic rings. The van der Waals surface area contributed by atoms with Gasteiger partial charge in [0.2, 0.25) is 5.79 Å². The summed E-state index contributed by atoms with van der Waals surface area (Å²) >= 11 is 0. The van der Waals surface area contributed by atoms with Crippen LogP contribution in [0.4, 0.5) is 0 Å². The SMILES string of the molecule is C=C1C(=O)[C@]23[C@H](O)[C@H]1CC[C@H]2[C@@]12C(OCCCC)O[C@@]3(O)[C@@H](O)[C@@H]1C(C)(C)CC[C@@H]2O. The van der Waals surface area contributed by atoms with E-state index in [2.05, 4.69) is 6.58 Å². The van der Waals surface area contributed by atoms with Crippen molar-refractivity contribution in [3.8, 4) is 0 Å². The smallest absolute Gasteiger partial charge is 0.211 e. The van der Waals surface area contributed by atoms with Crippen molar-refractivity contribution in [1.29, 1.82) is 0 Å². The van der Waals surface area contributed by atoms with E-state index in [-0.39, 0.29) is 5.57 Å². The van der Waals surface area contributed by atoms with Gasteiger partial charge in [-0.15, -0.1) is 0 Å². The van der Waals surface area contributed by atoms with Crippen LogP contribution in [-0.2, 0) is 14.3 Å². The summed E-state index contributed by atoms with van der Waals surface area (Å²) in [5.41, 5.74) is -2.98. The summed E-state index contributed by atoms with van der Waals surface area (Å²) in [5, 5.41) is 46.6. The summed E-state index contributed by atoms with van der Waals surface area (Å²) in [5.74, 6) is -4.33. The molecule has 7 heteroatoms. The van der Waals surface area contributed by atoms with E-state index >= 15 is 0 Å². The van der Waals surface area contributed by atoms with Gasteiger partial charge < -0.3 is 29.9 Å². The largest absolute Gasteiger partial charge is 0.392 e. The molecule has 2 aliphatic heterocycles. The number of ether oxygens (including phenoxy) is 2. The molecule has 174 valence electrons. The Hall–Kier alpha value is -0.830. The monoisotopic (exact) mass is 436 g/mol. The Morgan fingerprint density at radius 3 is 2.55 bits per heavy atom. The molecule has 0 amide bonds. The highest BCUT2D eigenvalue weighted by Crippen LogP contribution is 2.78. The Balaban J connectivity index is 1.76. The molecular weight excluding hydrogens is 400 g/mol. The summed E-state index contributed by atoms with van der Waals surface area (Å²) in [7, 11) is 0. The molecule has 2 heterocycles. The topological polar surface area (TPSA) is 116 Å². The van der Waals surface area contributed by atoms with E-state index in [1.165, 1.54) is 0 Å². The molecule has 2 spiro atoms. The van der Waals surface area contributed by atoms with Gasteiger partial charge in [-0.2, -0.15) is 0 Å². The quantitative estimate of drug-likeness (QED) is 0.390. The van der Waals surface area contributed by atoms with E-state index in [9.17, 15) is 25.2 Å². The fourth-order valence-electron chi connectivity index (χ4n) is 8.45. The molecule has 4 aliphatic carbocycles. The molecule has 7 nitrogen and oxygen atoms in total. The number of fused-ring (bicyclic) bond motifs is 2. The second-order valence-corrected chi connectivity index (χ2v) is 11.2. The van der Waals surface area contributed by atoms with Crippen molar-refractivity contribution < 1.29 is 34.7 Å². The van der Waals surface area contributed by atoms with Crippen molar-refractivity contribution in [3.05, 3.63) is 12.2 Å². The second-order valence-electron chi connectivity index (χ2n) is 11.2. The zero-order valence-corrected chi connectivity index (χ0v) is 18.7. The maximum absolute atomic E-state index is 13.7. The summed E-state index contributed by atoms with van der Waals surface area (Å²) in [6.45, 7) is 10.4. The highest BCUT2D eigenvalue weighted by atomic mass is 16.8. The average molecular weight is 437 g/mol. The summed E-state index contributed by atoms with van der Waals surface area (Å²) in [4.78, 5) is 13.7. The third kappa shape index (κ3) is 2.19. The van der Waals surface area contributed by atoms with Gasteiger partial charge in [-0.1, -0.05) is 33.8 Å². The first-order chi connectivity index (χ1) is 14.5. The van der Waals surface area contributed by atoms with Crippen molar-refractivity contribution >= 4 is 5.78 Å². The molecule has 4 N–H and O–H groups in total. The first kappa shape index (κ1) is 22.0. The summed E-state index contributed by atoms with van der Waals surface area (Å²) < 4.78 is 12.3. The minimum Gasteiger partial charge on any atom is -0.392 e. The van der Waals surface area contributed by atoms with Crippen LogP contribution in [0.5, 0.6) is 0 Å². The summed E-state index contributed by atoms with van der Waals surface area (Å²) in [6, 6.07) is 0. The maximum atomic E-state index is 13.7. The minimum atomic E-state index is -2.30. The fourth-order valence-corrected chi connectivity index (χ4v) is 8.45. The van der Waals surface area contributed by atoms with Crippen LogP contribution in [0, 0.1) is 34.0 Å². The number of unbranched alkanes of at least 4 members (excludes halogenated alkanes) is 1. The van der Waals surface area contributed by atoms with E-state index in [0.29, 0.717) is 32.3 Å². The van der Waals surface area contributed by atoms with Gasteiger partial charge in [0.25, 0.3) is 0 Å². The Bertz CT molecular complexity index is 810. The molecule has 31 heavy (non-hydrogen) atoms. The van der Waals surface area contributed by atoms with Crippen LogP contribution in [0.3, 0.4) is 0 Å². The number of Topliss-reactive ketones (excluding diaryl/α,β-unsaturated/α-hetero) is 1. The Morgan fingerprint density at radius 1 is 1.16 bits per heavy atom. The fraction of sp³-hybridized carbons (Fsp3) is 0.875. The predicted octanol–water partition coefficient (Wildman–Crippen LogP) is 1.52. The lowest BCUT2D eigenvalue weighted by Gasteiger charge is -2.76. The van der Waals surface area contributed by atoms with Gasteiger partial charge in [0.1, 0.15) is 11.5 Å². The molecular formula is C24H36O7. The molecule has 6 rings (SSSR count). The van der Waals surface area contributed by atoms with Gasteiger partial charge >= 0.3 is 0 Å². The van der Waals surface area contributed by atoms with Gasteiger partial charge in [-0.05, 0) is 49.0 Å². The number of hydrogen-bond donors (Lipinski definition) is 4. The van der Waals surface area contributed by atoms with E-state index in [1.807, 2.05) is 20.8 Å². The number of aliphatic hydroxyl groups excluding tert-OH is 3. The number of ketones is 1. The molecule has 0 aromatic heterocycles. The van der Waals surface area contributed by atoms with Crippen LogP contribution in [0.2, 0.25) is 0 Å². The van der Waals surface area contributed by atoms with Gasteiger partial charge in [-0.25, -0.2) is 0 Å². The van der Waals surface area contributed by atoms with Gasteiger partial charge in [0.15, 0.2) is 12.1 Å². The normalized spacial score (nSPS) is 54.6. The number of carbonyl (C=O) groups is 1. The third-order valence-electron chi connectivity index (χ3n) is 9.67. The highest BCUT2D eigenvalue weighted by Gasteiger charge is 2.89. The zero-order chi connectivity index (χ0) is 22.6. The molecule has 4 saturated carbocycles. The van der Waals surface area contributed by atoms with E-state index in [0.717, 1.165) is 12.8 Å². The van der Waals surface area contributed by atoms with Crippen molar-refractivity contribution in [2.24, 2.45) is 34.0 Å². The lowest BCUT2D eigenvalue weighted by atomic mass is 9.35. The highest BCUT2D eigenvalue weighted by molar-refractivity contribution is 6.05. The van der Waals surface area contributed by atoms with Crippen molar-refractivity contribution in [1.82, 2.24) is 0 Å². The van der Waals surface area contributed by atoms with Gasteiger partial charge in [0, 0.05) is 18.4 Å². The van der Waals surface area contributed by atoms with Crippen molar-refractivity contribution in [2.75, 3.05) is 6.61 Å². The second kappa shape index (κ2) is 6.61. The van der Waals surface area contributed by atoms with Crippen LogP contribution >= 0.6 is 0 Å². The standard InChI is InChI=1S/C24H36O7/c1-5-6-11-30-20-22-14-8-7-13-12(2)17(26)23(14,18(13)27)24(29,31-20)19(28)16(22)21(3,4)10-9-15(22)25/h13-16,18-20,25,27-29H,2,5-11H2,1,3-4H3/t13-,14-,15-,16+,18+,19-,20?,22-,23-,24-/m0/s1. The lowest BCUT2D eigenvalue weighted by Crippen LogP contribution is -2.88. The van der Waals surface area contributed by atoms with Crippen LogP contribution in [-0.4, -0.2) is 63.2 Å². The Morgan fingerprint density at radius 2 is 1.87 bits per heavy atom. The van der Waals surface area contributed by atoms with Gasteiger partial charge in [0.05, 0.1) is 17.6 Å². The predicted molar refractivity (Wildman–Crippen MR) is 110 cm³/mol. The van der Waals surface area contributed by atoms with Crippen molar-refractivity contribution in [3.63, 3.8) is 0 Å². The Labute approximate surface area is 183 Å². The minimum absolute atomic E-state index is 0.285. The number of hydrogen-bond acceptors (Lipinski definition) is 7. The van der Waals surface area contributed by atoms with Crippen LogP contribution in [0.1, 0.15) is 59.3 Å². The van der Waals surface area contributed by atoms with Crippen LogP contribution in [0.15, 0.2) is 12.2 Å². The lowest BCUT2D eigenvalue weighted by molar-refractivity contribution is -0.511. The van der Waals surface area contributed by atoms with E-state index in [4.69, 9.17) is 9.47 Å². The number of carbonyl (C=O) groups excluding carboxylic acids is 1. The molecule has 0 aromatic carbocycles. The maximum Gasteiger partial charge on any atom is 0.211 e. The number of aliphatic hydroxyl groups is 4. The molecule has 0 radical (unpaired) electrons. The van der Waals surface area contributed by atoms with E-state index in [1.54, 1.807) is 0 Å². The summed E-state index contributed by atoms with van der Waals surface area (Å²) in [6.07, 6.45) is -0.575. The van der Waals surface area contributed by atoms with Gasteiger partial charge in [-0.3, -0.25) is 4.79 Å². The van der Waals surface area contributed by atoms with Crippen LogP contribution < -0.4 is 0 Å². The Kier molecular flexibility index (Phi) is 4.69. The first-order valence-corrected chi connectivity index (χ1v) is 11.8. The third-order valence-corrected chi connectivity index (χ3v) is 9.67. The van der Waals surface area contributed by atoms with Crippen molar-refractivity contribution in [2.45, 2.75) is 89.7 Å². The number of rotatable bonds is 4. The average Bonchev–Trinajstić information content (AvgIpc) is 2.82. The van der Waals surface area contributed by atoms with E-state index < -0.39 is 70.2 Å². The molecule has 4 bridgehead atoms. The molecule has 10 atom stereocenters. The van der Waals surface area contributed by atoms with Crippen LogP contribution in [0.25, 0.3) is 0 Å². The zero-order valence-electron chi connectivity index (χ0n) is 18.7. The first-order valence-electron chi connectivity index (χ1n) is 11.8. The molecule has 6 fully saturated rings. The molecule has 1 unspecified atom stereocenters.